The number of rotatable bonds is 7. The molecule has 1 saturated heterocycles. The normalized spacial score (nSPS) is 15.1. The number of hydrogen-bond acceptors (Lipinski definition) is 5. The number of nitrogens with one attached hydrogen (secondary N) is 1. The summed E-state index contributed by atoms with van der Waals surface area (Å²) < 4.78 is 26.3. The lowest BCUT2D eigenvalue weighted by molar-refractivity contribution is -0.141. The molecule has 0 radical (unpaired) electrons. The highest BCUT2D eigenvalue weighted by atomic mass is 32.2. The molecule has 1 fully saturated rings. The van der Waals surface area contributed by atoms with Crippen LogP contribution in [0, 0.1) is 0 Å². The standard InChI is InChI=1S/C16H21N3O5S/c1-3-18(4-2)25(23,24)13-7-5-6-12(10-13)17-14(20)11-19-15(21)8-9-16(19)22/h5-7,10H,3-4,8-9,11H2,1-2H3,(H,17,20). The van der Waals surface area contributed by atoms with Crippen LogP contribution in [0.1, 0.15) is 26.7 Å². The maximum absolute atomic E-state index is 12.5. The molecule has 25 heavy (non-hydrogen) atoms. The first-order valence-electron chi connectivity index (χ1n) is 8.02. The van der Waals surface area contributed by atoms with Gasteiger partial charge < -0.3 is 5.32 Å². The Balaban J connectivity index is 2.12. The van der Waals surface area contributed by atoms with E-state index in [1.54, 1.807) is 19.9 Å². The summed E-state index contributed by atoms with van der Waals surface area (Å²) in [6.07, 6.45) is 0.230. The Hall–Kier alpha value is -2.26. The summed E-state index contributed by atoms with van der Waals surface area (Å²) in [5, 5.41) is 2.53. The lowest BCUT2D eigenvalue weighted by Crippen LogP contribution is -2.36. The molecule has 0 bridgehead atoms. The maximum Gasteiger partial charge on any atom is 0.244 e. The van der Waals surface area contributed by atoms with Crippen LogP contribution in [0.15, 0.2) is 29.2 Å². The summed E-state index contributed by atoms with van der Waals surface area (Å²) in [5.41, 5.74) is 0.289. The number of hydrogen-bond donors (Lipinski definition) is 1. The van der Waals surface area contributed by atoms with E-state index in [1.165, 1.54) is 22.5 Å². The van der Waals surface area contributed by atoms with Gasteiger partial charge in [0.15, 0.2) is 0 Å². The van der Waals surface area contributed by atoms with E-state index in [4.69, 9.17) is 0 Å². The molecule has 0 saturated carbocycles. The first-order valence-corrected chi connectivity index (χ1v) is 9.46. The van der Waals surface area contributed by atoms with E-state index in [2.05, 4.69) is 5.32 Å². The number of likely N-dealkylation sites (tertiary alicyclic amines) is 1. The van der Waals surface area contributed by atoms with Crippen molar-refractivity contribution < 1.29 is 22.8 Å². The van der Waals surface area contributed by atoms with Gasteiger partial charge >= 0.3 is 0 Å². The summed E-state index contributed by atoms with van der Waals surface area (Å²) >= 11 is 0. The molecule has 8 nitrogen and oxygen atoms in total. The van der Waals surface area contributed by atoms with Gasteiger partial charge in [0.1, 0.15) is 6.54 Å². The fourth-order valence-electron chi connectivity index (χ4n) is 2.59. The smallest absolute Gasteiger partial charge is 0.244 e. The van der Waals surface area contributed by atoms with Crippen LogP contribution in [0.4, 0.5) is 5.69 Å². The predicted octanol–water partition coefficient (Wildman–Crippen LogP) is 0.805. The SMILES string of the molecule is CCN(CC)S(=O)(=O)c1cccc(NC(=O)CN2C(=O)CCC2=O)c1. The van der Waals surface area contributed by atoms with Crippen LogP contribution in [-0.2, 0) is 24.4 Å². The minimum absolute atomic E-state index is 0.0716. The Morgan fingerprint density at radius 2 is 1.76 bits per heavy atom. The first kappa shape index (κ1) is 19.1. The van der Waals surface area contributed by atoms with Crippen molar-refractivity contribution in [1.82, 2.24) is 9.21 Å². The molecular weight excluding hydrogens is 346 g/mol. The highest BCUT2D eigenvalue weighted by Crippen LogP contribution is 2.20. The van der Waals surface area contributed by atoms with Crippen molar-refractivity contribution in [3.63, 3.8) is 0 Å². The molecule has 1 aromatic carbocycles. The number of anilines is 1. The van der Waals surface area contributed by atoms with Crippen LogP contribution < -0.4 is 5.32 Å². The fourth-order valence-corrected chi connectivity index (χ4v) is 4.09. The Kier molecular flexibility index (Phi) is 5.91. The fraction of sp³-hybridized carbons (Fsp3) is 0.438. The Labute approximate surface area is 146 Å². The van der Waals surface area contributed by atoms with Crippen LogP contribution in [0.2, 0.25) is 0 Å². The van der Waals surface area contributed by atoms with E-state index in [9.17, 15) is 22.8 Å². The predicted molar refractivity (Wildman–Crippen MR) is 91.1 cm³/mol. The quantitative estimate of drug-likeness (QED) is 0.718. The zero-order valence-electron chi connectivity index (χ0n) is 14.2. The van der Waals surface area contributed by atoms with Crippen molar-refractivity contribution in [3.05, 3.63) is 24.3 Å². The highest BCUT2D eigenvalue weighted by Gasteiger charge is 2.30. The molecule has 1 N–H and O–H groups in total. The van der Waals surface area contributed by atoms with Gasteiger partial charge in [0, 0.05) is 31.6 Å². The molecule has 0 unspecified atom stereocenters. The summed E-state index contributed by atoms with van der Waals surface area (Å²) in [6.45, 7) is 3.81. The topological polar surface area (TPSA) is 104 Å². The van der Waals surface area contributed by atoms with Crippen molar-refractivity contribution >= 4 is 33.4 Å². The molecule has 0 aromatic heterocycles. The average molecular weight is 367 g/mol. The van der Waals surface area contributed by atoms with Gasteiger partial charge in [0.25, 0.3) is 0 Å². The highest BCUT2D eigenvalue weighted by molar-refractivity contribution is 7.89. The van der Waals surface area contributed by atoms with Crippen molar-refractivity contribution in [2.75, 3.05) is 25.0 Å². The van der Waals surface area contributed by atoms with Gasteiger partial charge in [0.2, 0.25) is 27.7 Å². The third kappa shape index (κ3) is 4.23. The number of sulfonamides is 1. The Bertz CT molecular complexity index is 771. The van der Waals surface area contributed by atoms with Gasteiger partial charge in [-0.2, -0.15) is 4.31 Å². The summed E-state index contributed by atoms with van der Waals surface area (Å²) in [4.78, 5) is 36.1. The molecule has 1 heterocycles. The van der Waals surface area contributed by atoms with Crippen LogP contribution in [0.25, 0.3) is 0 Å². The molecule has 1 aliphatic heterocycles. The number of amides is 3. The molecule has 0 aliphatic carbocycles. The zero-order valence-corrected chi connectivity index (χ0v) is 15.0. The van der Waals surface area contributed by atoms with E-state index in [0.717, 1.165) is 4.90 Å². The number of benzene rings is 1. The number of nitrogens with zero attached hydrogens (tertiary/aromatic N) is 2. The molecular formula is C16H21N3O5S. The van der Waals surface area contributed by atoms with Gasteiger partial charge in [0.05, 0.1) is 4.90 Å². The van der Waals surface area contributed by atoms with Gasteiger partial charge in [-0.15, -0.1) is 0 Å². The molecule has 1 aliphatic rings. The van der Waals surface area contributed by atoms with Gasteiger partial charge in [-0.05, 0) is 18.2 Å². The minimum Gasteiger partial charge on any atom is -0.324 e. The van der Waals surface area contributed by atoms with Gasteiger partial charge in [-0.25, -0.2) is 8.42 Å². The van der Waals surface area contributed by atoms with Crippen LogP contribution in [-0.4, -0.2) is 55.0 Å². The lowest BCUT2D eigenvalue weighted by Gasteiger charge is -2.19. The van der Waals surface area contributed by atoms with Gasteiger partial charge in [-0.1, -0.05) is 19.9 Å². The summed E-state index contributed by atoms with van der Waals surface area (Å²) in [5.74, 6) is -1.31. The van der Waals surface area contributed by atoms with Crippen molar-refractivity contribution in [2.24, 2.45) is 0 Å². The van der Waals surface area contributed by atoms with Gasteiger partial charge in [-0.3, -0.25) is 19.3 Å². The number of carbonyl (C=O) groups excluding carboxylic acids is 3. The molecule has 2 rings (SSSR count). The van der Waals surface area contributed by atoms with Crippen LogP contribution in [0.3, 0.4) is 0 Å². The van der Waals surface area contributed by atoms with E-state index < -0.39 is 15.9 Å². The van der Waals surface area contributed by atoms with E-state index in [0.29, 0.717) is 13.1 Å². The third-order valence-corrected chi connectivity index (χ3v) is 5.96. The second-order valence-electron chi connectivity index (χ2n) is 5.54. The van der Waals surface area contributed by atoms with Crippen LogP contribution in [0.5, 0.6) is 0 Å². The zero-order chi connectivity index (χ0) is 18.6. The van der Waals surface area contributed by atoms with Crippen molar-refractivity contribution in [1.29, 1.82) is 0 Å². The summed E-state index contributed by atoms with van der Waals surface area (Å²) in [6, 6.07) is 5.89. The Morgan fingerprint density at radius 3 is 2.32 bits per heavy atom. The number of carbonyl (C=O) groups is 3. The van der Waals surface area contributed by atoms with E-state index in [1.807, 2.05) is 0 Å². The molecule has 1 aromatic rings. The first-order chi connectivity index (χ1) is 11.8. The minimum atomic E-state index is -3.64. The molecule has 0 atom stereocenters. The largest absolute Gasteiger partial charge is 0.324 e. The monoisotopic (exact) mass is 367 g/mol. The molecule has 9 heteroatoms. The Morgan fingerprint density at radius 1 is 1.16 bits per heavy atom. The second kappa shape index (κ2) is 7.75. The summed E-state index contributed by atoms with van der Waals surface area (Å²) in [7, 11) is -3.64. The lowest BCUT2D eigenvalue weighted by atomic mass is 10.3. The van der Waals surface area contributed by atoms with E-state index >= 15 is 0 Å². The average Bonchev–Trinajstić information content (AvgIpc) is 2.88. The van der Waals surface area contributed by atoms with Crippen molar-refractivity contribution in [2.45, 2.75) is 31.6 Å². The third-order valence-electron chi connectivity index (χ3n) is 3.92. The van der Waals surface area contributed by atoms with Crippen molar-refractivity contribution in [3.8, 4) is 0 Å². The van der Waals surface area contributed by atoms with Crippen LogP contribution >= 0.6 is 0 Å². The molecule has 0 spiro atoms. The maximum atomic E-state index is 12.5. The second-order valence-corrected chi connectivity index (χ2v) is 7.48. The number of imide groups is 1. The molecule has 3 amide bonds. The molecule has 136 valence electrons. The van der Waals surface area contributed by atoms with E-state index in [-0.39, 0.29) is 41.8 Å².